The fourth-order valence-corrected chi connectivity index (χ4v) is 4.24. The molecule has 112 valence electrons. The molecule has 2 saturated heterocycles. The van der Waals surface area contributed by atoms with Gasteiger partial charge in [-0.05, 0) is 38.5 Å². The summed E-state index contributed by atoms with van der Waals surface area (Å²) in [6, 6.07) is 0. The Bertz CT molecular complexity index is 426. The Balaban J connectivity index is 1.72. The first-order chi connectivity index (χ1) is 9.49. The molecule has 2 aliphatic heterocycles. The number of halogens is 1. The highest BCUT2D eigenvalue weighted by Crippen LogP contribution is 2.51. The lowest BCUT2D eigenvalue weighted by molar-refractivity contribution is -0.228. The van der Waals surface area contributed by atoms with Gasteiger partial charge in [0.2, 0.25) is 6.29 Å². The number of carbonyl (C=O) groups excluding carboxylic acids is 2. The molecule has 5 nitrogen and oxygen atoms in total. The van der Waals surface area contributed by atoms with Gasteiger partial charge in [0.1, 0.15) is 11.4 Å². The molecule has 4 aliphatic rings. The molecule has 5 unspecified atom stereocenters. The number of rotatable bonds is 4. The van der Waals surface area contributed by atoms with E-state index >= 15 is 0 Å². The predicted molar refractivity (Wildman–Crippen MR) is 73.1 cm³/mol. The smallest absolute Gasteiger partial charge is 0.318 e. The van der Waals surface area contributed by atoms with Gasteiger partial charge in [-0.15, -0.1) is 0 Å². The molecule has 2 aliphatic carbocycles. The van der Waals surface area contributed by atoms with Crippen LogP contribution in [0.15, 0.2) is 0 Å². The average molecular weight is 347 g/mol. The minimum Gasteiger partial charge on any atom is -0.462 e. The van der Waals surface area contributed by atoms with Gasteiger partial charge in [-0.2, -0.15) is 0 Å². The summed E-state index contributed by atoms with van der Waals surface area (Å²) in [5.41, 5.74) is -0.366. The zero-order valence-corrected chi connectivity index (χ0v) is 13.1. The fraction of sp³-hybridized carbons (Fsp3) is 0.857. The number of fused-ring (bicyclic) bond motifs is 1. The van der Waals surface area contributed by atoms with E-state index in [0.717, 1.165) is 25.7 Å². The number of hydrogen-bond donors (Lipinski definition) is 0. The van der Waals surface area contributed by atoms with Crippen LogP contribution in [0.2, 0.25) is 0 Å². The van der Waals surface area contributed by atoms with Crippen molar-refractivity contribution >= 4 is 27.9 Å². The maximum atomic E-state index is 11.9. The highest BCUT2D eigenvalue weighted by molar-refractivity contribution is 9.09. The van der Waals surface area contributed by atoms with E-state index in [2.05, 4.69) is 15.9 Å². The molecular weight excluding hydrogens is 328 g/mol. The molecule has 5 atom stereocenters. The molecule has 4 fully saturated rings. The van der Waals surface area contributed by atoms with E-state index in [0.29, 0.717) is 12.3 Å². The monoisotopic (exact) mass is 346 g/mol. The zero-order chi connectivity index (χ0) is 14.3. The van der Waals surface area contributed by atoms with E-state index in [1.165, 1.54) is 0 Å². The standard InChI is InChI=1S/C14H19BrO5/c1-8(18-12(16)7-15)20-14-4-9-2-10(5-14)13(17)19-11(3-9)6-14/h8-11H,2-7H2,1H3. The minimum absolute atomic E-state index is 0.0344. The van der Waals surface area contributed by atoms with Gasteiger partial charge < -0.3 is 14.2 Å². The Morgan fingerprint density at radius 1 is 1.45 bits per heavy atom. The van der Waals surface area contributed by atoms with E-state index in [4.69, 9.17) is 14.2 Å². The molecule has 4 bridgehead atoms. The normalized spacial score (nSPS) is 40.1. The molecular formula is C14H19BrO5. The molecule has 0 aromatic heterocycles. The van der Waals surface area contributed by atoms with Gasteiger partial charge in [0, 0.05) is 6.42 Å². The van der Waals surface area contributed by atoms with Crippen LogP contribution in [0.1, 0.15) is 39.0 Å². The number of esters is 2. The Morgan fingerprint density at radius 3 is 3.00 bits per heavy atom. The van der Waals surface area contributed by atoms with Crippen LogP contribution in [0.3, 0.4) is 0 Å². The summed E-state index contributed by atoms with van der Waals surface area (Å²) in [5.74, 6) is 0.0125. The van der Waals surface area contributed by atoms with Crippen molar-refractivity contribution in [2.75, 3.05) is 5.33 Å². The van der Waals surface area contributed by atoms with Gasteiger partial charge in [-0.3, -0.25) is 9.59 Å². The highest BCUT2D eigenvalue weighted by Gasteiger charge is 2.54. The summed E-state index contributed by atoms with van der Waals surface area (Å²) in [7, 11) is 0. The number of hydrogen-bond acceptors (Lipinski definition) is 5. The van der Waals surface area contributed by atoms with Crippen LogP contribution < -0.4 is 0 Å². The third kappa shape index (κ3) is 2.72. The topological polar surface area (TPSA) is 61.8 Å². The maximum absolute atomic E-state index is 11.9. The second-order valence-corrected chi connectivity index (χ2v) is 6.76. The fourth-order valence-electron chi connectivity index (χ4n) is 4.11. The lowest BCUT2D eigenvalue weighted by atomic mass is 9.65. The third-order valence-electron chi connectivity index (χ3n) is 4.53. The Morgan fingerprint density at radius 2 is 2.25 bits per heavy atom. The van der Waals surface area contributed by atoms with Crippen molar-refractivity contribution in [3.05, 3.63) is 0 Å². The summed E-state index contributed by atoms with van der Waals surface area (Å²) in [4.78, 5) is 23.2. The van der Waals surface area contributed by atoms with Crippen LogP contribution in [0.4, 0.5) is 0 Å². The second kappa shape index (κ2) is 5.30. The molecule has 20 heavy (non-hydrogen) atoms. The second-order valence-electron chi connectivity index (χ2n) is 6.20. The average Bonchev–Trinajstić information content (AvgIpc) is 2.51. The molecule has 2 saturated carbocycles. The van der Waals surface area contributed by atoms with E-state index < -0.39 is 6.29 Å². The molecule has 4 rings (SSSR count). The van der Waals surface area contributed by atoms with Gasteiger partial charge >= 0.3 is 11.9 Å². The van der Waals surface area contributed by atoms with Crippen LogP contribution in [-0.2, 0) is 23.8 Å². The SMILES string of the molecule is CC(OC(=O)CBr)OC12CC3CC(C1)OC(=O)C(C3)C2. The molecule has 6 heteroatoms. The maximum Gasteiger partial charge on any atom is 0.318 e. The summed E-state index contributed by atoms with van der Waals surface area (Å²) in [5, 5.41) is 0.156. The van der Waals surface area contributed by atoms with E-state index in [9.17, 15) is 9.59 Å². The van der Waals surface area contributed by atoms with Gasteiger partial charge in [0.15, 0.2) is 0 Å². The van der Waals surface area contributed by atoms with Crippen LogP contribution in [0.25, 0.3) is 0 Å². The van der Waals surface area contributed by atoms with E-state index in [1.54, 1.807) is 6.92 Å². The first-order valence-corrected chi connectivity index (χ1v) is 8.25. The van der Waals surface area contributed by atoms with Crippen LogP contribution in [0, 0.1) is 11.8 Å². The number of ether oxygens (including phenoxy) is 3. The first-order valence-electron chi connectivity index (χ1n) is 7.13. The minimum atomic E-state index is -0.591. The predicted octanol–water partition coefficient (Wildman–Crippen LogP) is 2.16. The van der Waals surface area contributed by atoms with Crippen molar-refractivity contribution in [1.82, 2.24) is 0 Å². The molecule has 0 amide bonds. The largest absolute Gasteiger partial charge is 0.462 e. The van der Waals surface area contributed by atoms with Crippen LogP contribution in [-0.4, -0.2) is 35.3 Å². The van der Waals surface area contributed by atoms with Gasteiger partial charge in [-0.1, -0.05) is 15.9 Å². The Kier molecular flexibility index (Phi) is 3.79. The molecule has 0 aromatic rings. The van der Waals surface area contributed by atoms with E-state index in [1.807, 2.05) is 0 Å². The molecule has 0 radical (unpaired) electrons. The van der Waals surface area contributed by atoms with Crippen molar-refractivity contribution in [2.24, 2.45) is 11.8 Å². The van der Waals surface area contributed by atoms with Crippen molar-refractivity contribution < 1.29 is 23.8 Å². The van der Waals surface area contributed by atoms with Crippen molar-refractivity contribution in [2.45, 2.75) is 57.0 Å². The van der Waals surface area contributed by atoms with E-state index in [-0.39, 0.29) is 34.9 Å². The quantitative estimate of drug-likeness (QED) is 0.443. The summed E-state index contributed by atoms with van der Waals surface area (Å²) < 4.78 is 16.7. The Hall–Kier alpha value is -0.620. The summed E-state index contributed by atoms with van der Waals surface area (Å²) >= 11 is 3.06. The van der Waals surface area contributed by atoms with Gasteiger partial charge in [0.25, 0.3) is 0 Å². The lowest BCUT2D eigenvalue weighted by Gasteiger charge is -2.46. The molecule has 0 spiro atoms. The van der Waals surface area contributed by atoms with Crippen molar-refractivity contribution in [3.63, 3.8) is 0 Å². The van der Waals surface area contributed by atoms with Crippen molar-refractivity contribution in [3.8, 4) is 0 Å². The van der Waals surface area contributed by atoms with Gasteiger partial charge in [0.05, 0.1) is 11.5 Å². The molecule has 0 aromatic carbocycles. The van der Waals surface area contributed by atoms with Gasteiger partial charge in [-0.25, -0.2) is 0 Å². The molecule has 2 heterocycles. The van der Waals surface area contributed by atoms with Crippen molar-refractivity contribution in [1.29, 1.82) is 0 Å². The van der Waals surface area contributed by atoms with Crippen LogP contribution in [0.5, 0.6) is 0 Å². The summed E-state index contributed by atoms with van der Waals surface area (Å²) in [6.45, 7) is 1.73. The summed E-state index contributed by atoms with van der Waals surface area (Å²) in [6.07, 6.45) is 3.59. The third-order valence-corrected chi connectivity index (χ3v) is 4.99. The number of carbonyl (C=O) groups is 2. The Labute approximate surface area is 126 Å². The highest BCUT2D eigenvalue weighted by atomic mass is 79.9. The first kappa shape index (κ1) is 14.3. The lowest BCUT2D eigenvalue weighted by Crippen LogP contribution is -2.49. The number of alkyl halides is 1. The molecule has 0 N–H and O–H groups in total. The zero-order valence-electron chi connectivity index (χ0n) is 11.5. The van der Waals surface area contributed by atoms with Crippen LogP contribution >= 0.6 is 15.9 Å².